The van der Waals surface area contributed by atoms with E-state index >= 15 is 4.39 Å². The fourth-order valence-electron chi connectivity index (χ4n) is 8.54. The fourth-order valence-corrected chi connectivity index (χ4v) is 9.78. The van der Waals surface area contributed by atoms with Crippen LogP contribution in [0.1, 0.15) is 77.9 Å². The molecule has 0 radical (unpaired) electrons. The van der Waals surface area contributed by atoms with Crippen molar-refractivity contribution in [2.75, 3.05) is 6.66 Å². The molecule has 338 valence electrons. The molecule has 0 spiro atoms. The Morgan fingerprint density at radius 3 is 2.26 bits per heavy atom. The van der Waals surface area contributed by atoms with Gasteiger partial charge in [0.05, 0.1) is 45.3 Å². The highest BCUT2D eigenvalue weighted by Crippen LogP contribution is 2.49. The van der Waals surface area contributed by atoms with Crippen molar-refractivity contribution in [1.29, 1.82) is 0 Å². The van der Waals surface area contributed by atoms with Crippen LogP contribution in [-0.4, -0.2) is 32.0 Å². The van der Waals surface area contributed by atoms with Crippen molar-refractivity contribution in [2.24, 2.45) is 0 Å². The van der Waals surface area contributed by atoms with Crippen molar-refractivity contribution in [3.8, 4) is 22.7 Å². The lowest BCUT2D eigenvalue weighted by atomic mass is 9.96. The molecule has 0 aliphatic carbocycles. The van der Waals surface area contributed by atoms with Gasteiger partial charge in [-0.25, -0.2) is 23.0 Å². The smallest absolute Gasteiger partial charge is 0.418 e. The average molecular weight is 927 g/mol. The lowest BCUT2D eigenvalue weighted by Gasteiger charge is -2.32. The first-order chi connectivity index (χ1) is 30.9. The molecule has 0 N–H and O–H groups in total. The average Bonchev–Trinajstić information content (AvgIpc) is 3.96. The molecule has 8 rings (SSSR count). The SMILES string of the molecule is CCc1cccc(CC)c1-n1nc2c(c1-c1ccc(F)c3c1ccn3C(=O)OCc1ccc(OP(C)(=O)OCc3ccccc3)c(Cl)c1)CN(Cc1ccc(C(F)(F)F)cc1C)C2(C)C. The third kappa shape index (κ3) is 9.12. The number of carbonyl (C=O) groups excluding carboxylic acids is 1. The van der Waals surface area contributed by atoms with Gasteiger partial charge in [0.25, 0.3) is 0 Å². The predicted molar refractivity (Wildman–Crippen MR) is 244 cm³/mol. The van der Waals surface area contributed by atoms with Crippen molar-refractivity contribution in [3.63, 3.8) is 0 Å². The quantitative estimate of drug-likeness (QED) is 0.0841. The summed E-state index contributed by atoms with van der Waals surface area (Å²) in [6.45, 7) is 11.9. The summed E-state index contributed by atoms with van der Waals surface area (Å²) in [5.41, 5.74) is 7.40. The molecule has 5 aromatic carbocycles. The maximum absolute atomic E-state index is 16.1. The number of aryl methyl sites for hydroxylation is 3. The van der Waals surface area contributed by atoms with Crippen LogP contribution in [0.15, 0.2) is 109 Å². The minimum absolute atomic E-state index is 0.0129. The van der Waals surface area contributed by atoms with Crippen molar-refractivity contribution in [2.45, 2.75) is 85.5 Å². The van der Waals surface area contributed by atoms with Gasteiger partial charge >= 0.3 is 19.9 Å². The number of alkyl halides is 3. The van der Waals surface area contributed by atoms with E-state index < -0.39 is 36.8 Å². The van der Waals surface area contributed by atoms with Crippen molar-refractivity contribution in [3.05, 3.63) is 170 Å². The summed E-state index contributed by atoms with van der Waals surface area (Å²) >= 11 is 6.52. The number of halogens is 5. The van der Waals surface area contributed by atoms with Crippen LogP contribution in [0.5, 0.6) is 5.75 Å². The van der Waals surface area contributed by atoms with Gasteiger partial charge in [0.15, 0.2) is 0 Å². The molecule has 65 heavy (non-hydrogen) atoms. The van der Waals surface area contributed by atoms with Crippen molar-refractivity contribution >= 4 is 36.2 Å². The van der Waals surface area contributed by atoms with Crippen LogP contribution in [-0.2, 0) is 64.7 Å². The summed E-state index contributed by atoms with van der Waals surface area (Å²) in [4.78, 5) is 16.0. The Labute approximate surface area is 380 Å². The fraction of sp³-hybridized carbons (Fsp3) is 0.280. The van der Waals surface area contributed by atoms with Crippen molar-refractivity contribution < 1.29 is 40.7 Å². The zero-order valence-corrected chi connectivity index (χ0v) is 38.5. The lowest BCUT2D eigenvalue weighted by Crippen LogP contribution is -2.36. The second kappa shape index (κ2) is 17.9. The Hall–Kier alpha value is -5.72. The summed E-state index contributed by atoms with van der Waals surface area (Å²) < 4.78 is 90.0. The molecule has 0 saturated carbocycles. The van der Waals surface area contributed by atoms with Gasteiger partial charge in [-0.15, -0.1) is 0 Å². The molecule has 9 nitrogen and oxygen atoms in total. The molecule has 7 aromatic rings. The highest BCUT2D eigenvalue weighted by atomic mass is 35.5. The summed E-state index contributed by atoms with van der Waals surface area (Å²) in [7, 11) is -3.55. The third-order valence-electron chi connectivity index (χ3n) is 12.1. The number of ether oxygens (including phenoxy) is 1. The molecule has 2 aromatic heterocycles. The van der Waals surface area contributed by atoms with E-state index in [1.165, 1.54) is 43.2 Å². The van der Waals surface area contributed by atoms with E-state index in [0.29, 0.717) is 35.2 Å². The molecular formula is C50H48ClF4N4O5P. The largest absolute Gasteiger partial charge is 0.444 e. The summed E-state index contributed by atoms with van der Waals surface area (Å²) in [6.07, 6.45) is -2.36. The third-order valence-corrected chi connectivity index (χ3v) is 13.5. The van der Waals surface area contributed by atoms with Crippen LogP contribution in [0.3, 0.4) is 0 Å². The van der Waals surface area contributed by atoms with Gasteiger partial charge < -0.3 is 9.26 Å². The van der Waals surface area contributed by atoms with Gasteiger partial charge in [-0.1, -0.05) is 86.1 Å². The van der Waals surface area contributed by atoms with E-state index in [-0.39, 0.29) is 29.5 Å². The van der Waals surface area contributed by atoms with Gasteiger partial charge in [0.2, 0.25) is 0 Å². The molecule has 1 aliphatic rings. The maximum atomic E-state index is 16.1. The number of hydrogen-bond donors (Lipinski definition) is 0. The van der Waals surface area contributed by atoms with E-state index in [2.05, 4.69) is 44.7 Å². The number of carbonyl (C=O) groups is 1. The van der Waals surface area contributed by atoms with Crippen LogP contribution in [0.2, 0.25) is 5.02 Å². The van der Waals surface area contributed by atoms with E-state index in [1.807, 2.05) is 41.1 Å². The van der Waals surface area contributed by atoms with Crippen LogP contribution in [0.4, 0.5) is 22.4 Å². The second-order valence-corrected chi connectivity index (χ2v) is 19.1. The summed E-state index contributed by atoms with van der Waals surface area (Å²) in [6, 6.07) is 28.6. The van der Waals surface area contributed by atoms with Crippen LogP contribution >= 0.6 is 19.2 Å². The molecule has 15 heteroatoms. The number of benzene rings is 5. The Morgan fingerprint density at radius 1 is 0.877 bits per heavy atom. The van der Waals surface area contributed by atoms with E-state index in [4.69, 9.17) is 30.5 Å². The standard InChI is InChI=1S/C50H48ClF4N4O5P/c1-7-34-15-12-16-35(8-2)44(34)59-45(40-28-57(49(4,5)47(40)56-59)27-36-18-19-37(25-31(36)3)50(53,54)55)38-20-21-42(52)46-39(38)23-24-58(46)48(60)62-29-33-17-22-43(41(51)26-33)64-65(6,61)63-30-32-13-10-9-11-14-32/h9-26H,7-8,27-30H2,1-6H3. The van der Waals surface area contributed by atoms with Gasteiger partial charge in [-0.3, -0.25) is 9.42 Å². The molecule has 1 aliphatic heterocycles. The Kier molecular flexibility index (Phi) is 12.6. The van der Waals surface area contributed by atoms with Crippen LogP contribution in [0.25, 0.3) is 27.8 Å². The molecule has 0 amide bonds. The minimum Gasteiger partial charge on any atom is -0.444 e. The topological polar surface area (TPSA) is 87.8 Å². The van der Waals surface area contributed by atoms with Crippen LogP contribution < -0.4 is 4.52 Å². The molecule has 0 bridgehead atoms. The molecular weight excluding hydrogens is 879 g/mol. The minimum atomic E-state index is -4.45. The zero-order chi connectivity index (χ0) is 46.4. The molecule has 0 fully saturated rings. The van der Waals surface area contributed by atoms with Gasteiger partial charge in [-0.2, -0.15) is 18.3 Å². The first-order valence-corrected chi connectivity index (χ1v) is 23.6. The number of hydrogen-bond acceptors (Lipinski definition) is 7. The highest BCUT2D eigenvalue weighted by molar-refractivity contribution is 7.53. The van der Waals surface area contributed by atoms with Crippen LogP contribution in [0, 0.1) is 12.7 Å². The van der Waals surface area contributed by atoms with E-state index in [9.17, 15) is 22.5 Å². The molecule has 1 unspecified atom stereocenters. The number of aromatic nitrogens is 3. The van der Waals surface area contributed by atoms with Gasteiger partial charge in [-0.05, 0) is 109 Å². The van der Waals surface area contributed by atoms with E-state index in [0.717, 1.165) is 68.4 Å². The van der Waals surface area contributed by atoms with Crippen molar-refractivity contribution in [1.82, 2.24) is 19.2 Å². The first kappa shape index (κ1) is 45.8. The molecule has 1 atom stereocenters. The zero-order valence-electron chi connectivity index (χ0n) is 36.8. The normalized spacial score (nSPS) is 14.7. The van der Waals surface area contributed by atoms with Gasteiger partial charge in [0.1, 0.15) is 18.2 Å². The Morgan fingerprint density at radius 2 is 1.60 bits per heavy atom. The first-order valence-electron chi connectivity index (χ1n) is 21.3. The monoisotopic (exact) mass is 926 g/mol. The molecule has 3 heterocycles. The number of nitrogens with zero attached hydrogens (tertiary/aromatic N) is 4. The van der Waals surface area contributed by atoms with E-state index in [1.54, 1.807) is 25.1 Å². The predicted octanol–water partition coefficient (Wildman–Crippen LogP) is 13.6. The number of fused-ring (bicyclic) bond motifs is 2. The van der Waals surface area contributed by atoms with Gasteiger partial charge in [0, 0.05) is 42.5 Å². The summed E-state index contributed by atoms with van der Waals surface area (Å²) in [5, 5.41) is 5.93. The lowest BCUT2D eigenvalue weighted by molar-refractivity contribution is -0.137. The molecule has 0 saturated heterocycles. The number of para-hydroxylation sites is 1. The number of rotatable bonds is 13. The highest BCUT2D eigenvalue weighted by Gasteiger charge is 2.44. The maximum Gasteiger partial charge on any atom is 0.418 e. The second-order valence-electron chi connectivity index (χ2n) is 16.8. The Balaban J connectivity index is 1.11. The Bertz CT molecular complexity index is 2960. The summed E-state index contributed by atoms with van der Waals surface area (Å²) in [5.74, 6) is -0.509.